The van der Waals surface area contributed by atoms with Crippen molar-refractivity contribution in [3.63, 3.8) is 0 Å². The summed E-state index contributed by atoms with van der Waals surface area (Å²) in [4.78, 5) is 20.4. The van der Waals surface area contributed by atoms with Crippen LogP contribution in [0.5, 0.6) is 5.75 Å². The van der Waals surface area contributed by atoms with Crippen LogP contribution in [0.25, 0.3) is 6.08 Å². The molecule has 6 heteroatoms. The van der Waals surface area contributed by atoms with Gasteiger partial charge in [-0.15, -0.1) is 0 Å². The number of benzene rings is 2. The molecule has 0 bridgehead atoms. The van der Waals surface area contributed by atoms with Gasteiger partial charge in [-0.25, -0.2) is 4.99 Å². The fourth-order valence-electron chi connectivity index (χ4n) is 3.26. The quantitative estimate of drug-likeness (QED) is 0.702. The molecule has 138 valence electrons. The van der Waals surface area contributed by atoms with Gasteiger partial charge in [0.05, 0.1) is 11.6 Å². The molecule has 0 aliphatic carbocycles. The minimum Gasteiger partial charge on any atom is -0.497 e. The molecule has 0 saturated carbocycles. The number of aryl methyl sites for hydroxylation is 2. The van der Waals surface area contributed by atoms with E-state index in [2.05, 4.69) is 41.9 Å². The summed E-state index contributed by atoms with van der Waals surface area (Å²) in [5, 5.41) is 0. The second kappa shape index (κ2) is 7.04. The molecule has 1 aliphatic heterocycles. The van der Waals surface area contributed by atoms with Gasteiger partial charge in [-0.2, -0.15) is 0 Å². The number of rotatable bonds is 3. The minimum absolute atomic E-state index is 0.00337. The normalized spacial score (nSPS) is 14.0. The molecular weight excluding hydrogens is 358 g/mol. The molecule has 2 heterocycles. The third-order valence-electron chi connectivity index (χ3n) is 4.56. The Morgan fingerprint density at radius 3 is 2.48 bits per heavy atom. The van der Waals surface area contributed by atoms with Gasteiger partial charge in [0.2, 0.25) is 0 Å². The lowest BCUT2D eigenvalue weighted by Gasteiger charge is -2.26. The summed E-state index contributed by atoms with van der Waals surface area (Å²) in [5.74, 6) is 0.799. The Bertz CT molecular complexity index is 1140. The van der Waals surface area contributed by atoms with Crippen molar-refractivity contribution in [2.45, 2.75) is 20.5 Å². The Kier molecular flexibility index (Phi) is 4.58. The van der Waals surface area contributed by atoms with Crippen molar-refractivity contribution in [2.24, 2.45) is 4.99 Å². The fraction of sp³-hybridized carbons (Fsp3) is 0.238. The molecule has 4 rings (SSSR count). The van der Waals surface area contributed by atoms with Crippen LogP contribution < -0.4 is 24.5 Å². The highest BCUT2D eigenvalue weighted by Gasteiger charge is 2.16. The number of methoxy groups -OCH3 is 1. The number of ether oxygens (including phenoxy) is 1. The van der Waals surface area contributed by atoms with E-state index >= 15 is 0 Å². The highest BCUT2D eigenvalue weighted by atomic mass is 32.1. The summed E-state index contributed by atoms with van der Waals surface area (Å²) in [6.07, 6.45) is 1.91. The highest BCUT2D eigenvalue weighted by molar-refractivity contribution is 7.07. The molecule has 0 fully saturated rings. The first-order valence-electron chi connectivity index (χ1n) is 8.76. The number of thiazole rings is 1. The Hall–Kier alpha value is -2.86. The van der Waals surface area contributed by atoms with Crippen molar-refractivity contribution >= 4 is 23.1 Å². The van der Waals surface area contributed by atoms with Gasteiger partial charge >= 0.3 is 0 Å². The fourth-order valence-corrected chi connectivity index (χ4v) is 4.22. The van der Waals surface area contributed by atoms with Gasteiger partial charge in [-0.05, 0) is 60.9 Å². The van der Waals surface area contributed by atoms with Crippen LogP contribution in [0.15, 0.2) is 52.3 Å². The zero-order valence-electron chi connectivity index (χ0n) is 15.6. The largest absolute Gasteiger partial charge is 0.497 e. The molecule has 2 aromatic carbocycles. The number of anilines is 1. The van der Waals surface area contributed by atoms with Crippen molar-refractivity contribution in [1.82, 2.24) is 4.57 Å². The van der Waals surface area contributed by atoms with E-state index in [1.807, 2.05) is 30.3 Å². The van der Waals surface area contributed by atoms with E-state index in [0.29, 0.717) is 17.9 Å². The molecule has 0 radical (unpaired) electrons. The van der Waals surface area contributed by atoms with Crippen LogP contribution in [0.1, 0.15) is 16.7 Å². The maximum absolute atomic E-state index is 12.9. The third kappa shape index (κ3) is 3.53. The van der Waals surface area contributed by atoms with E-state index in [0.717, 1.165) is 21.8 Å². The van der Waals surface area contributed by atoms with Gasteiger partial charge in [0.15, 0.2) is 4.80 Å². The lowest BCUT2D eigenvalue weighted by molar-refractivity contribution is 0.415. The predicted molar refractivity (Wildman–Crippen MR) is 109 cm³/mol. The molecule has 0 saturated heterocycles. The molecule has 3 aromatic rings. The summed E-state index contributed by atoms with van der Waals surface area (Å²) in [6.45, 7) is 5.25. The highest BCUT2D eigenvalue weighted by Crippen LogP contribution is 2.20. The molecule has 1 aromatic heterocycles. The van der Waals surface area contributed by atoms with Crippen LogP contribution in [0.3, 0.4) is 0 Å². The van der Waals surface area contributed by atoms with Crippen molar-refractivity contribution in [3.05, 3.63) is 78.8 Å². The zero-order chi connectivity index (χ0) is 19.0. The van der Waals surface area contributed by atoms with E-state index in [-0.39, 0.29) is 5.56 Å². The van der Waals surface area contributed by atoms with Crippen molar-refractivity contribution in [3.8, 4) is 5.75 Å². The Morgan fingerprint density at radius 1 is 1.11 bits per heavy atom. The second-order valence-corrected chi connectivity index (χ2v) is 7.74. The van der Waals surface area contributed by atoms with Gasteiger partial charge < -0.3 is 9.64 Å². The first kappa shape index (κ1) is 17.5. The molecule has 0 atom stereocenters. The molecule has 0 amide bonds. The predicted octanol–water partition coefficient (Wildman–Crippen LogP) is 2.42. The van der Waals surface area contributed by atoms with Crippen molar-refractivity contribution in [1.29, 1.82) is 0 Å². The average Bonchev–Trinajstić information content (AvgIpc) is 2.97. The van der Waals surface area contributed by atoms with Gasteiger partial charge in [-0.1, -0.05) is 29.5 Å². The maximum Gasteiger partial charge on any atom is 0.271 e. The standard InChI is InChI=1S/C21H21N3O2S/c1-14-8-15(2)10-17(9-14)23-12-22-21-24(13-23)20(25)19(27-21)11-16-4-6-18(26-3)7-5-16/h4-11H,12-13H2,1-3H3. The first-order chi connectivity index (χ1) is 13.0. The monoisotopic (exact) mass is 379 g/mol. The topological polar surface area (TPSA) is 46.8 Å². The Balaban J connectivity index is 1.69. The van der Waals surface area contributed by atoms with Crippen LogP contribution in [0.2, 0.25) is 0 Å². The number of nitrogens with zero attached hydrogens (tertiary/aromatic N) is 3. The van der Waals surface area contributed by atoms with Crippen LogP contribution in [-0.4, -0.2) is 18.3 Å². The van der Waals surface area contributed by atoms with Crippen LogP contribution in [0.4, 0.5) is 5.69 Å². The van der Waals surface area contributed by atoms with Gasteiger partial charge in [0.25, 0.3) is 5.56 Å². The first-order valence-corrected chi connectivity index (χ1v) is 9.58. The average molecular weight is 379 g/mol. The summed E-state index contributed by atoms with van der Waals surface area (Å²) in [5.41, 5.74) is 4.49. The minimum atomic E-state index is 0.00337. The lowest BCUT2D eigenvalue weighted by atomic mass is 10.1. The molecule has 0 spiro atoms. The summed E-state index contributed by atoms with van der Waals surface area (Å²) >= 11 is 1.44. The van der Waals surface area contributed by atoms with Gasteiger partial charge in [-0.3, -0.25) is 9.36 Å². The SMILES string of the molecule is COc1ccc(C=c2sc3n(c2=O)CN(c2cc(C)cc(C)c2)CN=3)cc1. The number of aromatic nitrogens is 1. The van der Waals surface area contributed by atoms with E-state index in [1.54, 1.807) is 11.7 Å². The van der Waals surface area contributed by atoms with E-state index < -0.39 is 0 Å². The van der Waals surface area contributed by atoms with Crippen molar-refractivity contribution < 1.29 is 4.74 Å². The molecular formula is C21H21N3O2S. The molecule has 0 unspecified atom stereocenters. The summed E-state index contributed by atoms with van der Waals surface area (Å²) in [7, 11) is 1.64. The van der Waals surface area contributed by atoms with Gasteiger partial charge in [0, 0.05) is 5.69 Å². The number of hydrogen-bond acceptors (Lipinski definition) is 5. The number of fused-ring (bicyclic) bond motifs is 1. The summed E-state index contributed by atoms with van der Waals surface area (Å²) in [6, 6.07) is 14.1. The van der Waals surface area contributed by atoms with E-state index in [1.165, 1.54) is 22.5 Å². The maximum atomic E-state index is 12.9. The van der Waals surface area contributed by atoms with Crippen LogP contribution in [0, 0.1) is 13.8 Å². The Labute approximate surface area is 161 Å². The smallest absolute Gasteiger partial charge is 0.271 e. The van der Waals surface area contributed by atoms with Gasteiger partial charge in [0.1, 0.15) is 19.1 Å². The molecule has 1 aliphatic rings. The van der Waals surface area contributed by atoms with Crippen LogP contribution >= 0.6 is 11.3 Å². The van der Waals surface area contributed by atoms with E-state index in [4.69, 9.17) is 4.74 Å². The molecule has 5 nitrogen and oxygen atoms in total. The lowest BCUT2D eigenvalue weighted by Crippen LogP contribution is -2.42. The van der Waals surface area contributed by atoms with Crippen LogP contribution in [-0.2, 0) is 6.67 Å². The summed E-state index contributed by atoms with van der Waals surface area (Å²) < 4.78 is 7.63. The second-order valence-electron chi connectivity index (χ2n) is 6.73. The number of hydrogen-bond donors (Lipinski definition) is 0. The third-order valence-corrected chi connectivity index (χ3v) is 5.61. The zero-order valence-corrected chi connectivity index (χ0v) is 16.4. The van der Waals surface area contributed by atoms with Crippen molar-refractivity contribution in [2.75, 3.05) is 18.7 Å². The Morgan fingerprint density at radius 2 is 1.81 bits per heavy atom. The molecule has 0 N–H and O–H groups in total. The van der Waals surface area contributed by atoms with E-state index in [9.17, 15) is 4.79 Å². The molecule has 27 heavy (non-hydrogen) atoms.